The lowest BCUT2D eigenvalue weighted by atomic mass is 9.90. The summed E-state index contributed by atoms with van der Waals surface area (Å²) in [4.78, 5) is 16.2. The Hall–Kier alpha value is -1.61. The number of amides is 1. The summed E-state index contributed by atoms with van der Waals surface area (Å²) in [5, 5.41) is 0. The molecule has 3 nitrogen and oxygen atoms in total. The van der Waals surface area contributed by atoms with Crippen LogP contribution in [0.2, 0.25) is 0 Å². The van der Waals surface area contributed by atoms with Gasteiger partial charge in [-0.05, 0) is 61.4 Å². The van der Waals surface area contributed by atoms with Gasteiger partial charge in [0, 0.05) is 32.5 Å². The molecule has 0 bridgehead atoms. The Labute approximate surface area is 145 Å². The highest BCUT2D eigenvalue weighted by atomic mass is 16.2. The van der Waals surface area contributed by atoms with E-state index in [4.69, 9.17) is 0 Å². The maximum absolute atomic E-state index is 11.6. The third-order valence-electron chi connectivity index (χ3n) is 6.13. The fourth-order valence-electron chi connectivity index (χ4n) is 4.64. The highest BCUT2D eigenvalue weighted by Gasteiger charge is 2.39. The monoisotopic (exact) mass is 324 g/mol. The molecule has 1 aromatic rings. The highest BCUT2D eigenvalue weighted by molar-refractivity contribution is 5.76. The molecule has 3 aliphatic rings. The van der Waals surface area contributed by atoms with Gasteiger partial charge in [0.1, 0.15) is 0 Å². The molecule has 2 heterocycles. The third kappa shape index (κ3) is 3.14. The molecule has 1 aromatic carbocycles. The topological polar surface area (TPSA) is 23.6 Å². The minimum absolute atomic E-state index is 0.223. The van der Waals surface area contributed by atoms with Crippen LogP contribution >= 0.6 is 0 Å². The van der Waals surface area contributed by atoms with Crippen LogP contribution in [-0.4, -0.2) is 48.4 Å². The van der Waals surface area contributed by atoms with Crippen LogP contribution in [0.4, 0.5) is 0 Å². The Morgan fingerprint density at radius 3 is 2.58 bits per heavy atom. The Kier molecular flexibility index (Phi) is 4.45. The van der Waals surface area contributed by atoms with Gasteiger partial charge in [-0.25, -0.2) is 0 Å². The molecule has 0 aromatic heterocycles. The smallest absolute Gasteiger partial charge is 0.219 e. The predicted molar refractivity (Wildman–Crippen MR) is 97.6 cm³/mol. The SMILES string of the molecule is CC(=O)N1CC2CC=C(c3ccc(CCN4CCCC4)cc3)C2C1. The van der Waals surface area contributed by atoms with Gasteiger partial charge >= 0.3 is 0 Å². The number of carbonyl (C=O) groups excluding carboxylic acids is 1. The molecule has 128 valence electrons. The van der Waals surface area contributed by atoms with Gasteiger partial charge in [-0.2, -0.15) is 0 Å². The molecule has 3 heteroatoms. The molecule has 1 amide bonds. The van der Waals surface area contributed by atoms with Crippen molar-refractivity contribution in [1.82, 2.24) is 9.80 Å². The first kappa shape index (κ1) is 15.9. The van der Waals surface area contributed by atoms with Gasteiger partial charge in [-0.15, -0.1) is 0 Å². The zero-order valence-corrected chi connectivity index (χ0v) is 14.7. The second kappa shape index (κ2) is 6.72. The second-order valence-corrected chi connectivity index (χ2v) is 7.68. The molecule has 24 heavy (non-hydrogen) atoms. The van der Waals surface area contributed by atoms with Crippen LogP contribution < -0.4 is 0 Å². The number of carbonyl (C=O) groups is 1. The fraction of sp³-hybridized carbons (Fsp3) is 0.571. The minimum Gasteiger partial charge on any atom is -0.342 e. The molecule has 2 aliphatic heterocycles. The molecule has 0 saturated carbocycles. The van der Waals surface area contributed by atoms with Gasteiger partial charge in [0.15, 0.2) is 0 Å². The molecule has 0 spiro atoms. The minimum atomic E-state index is 0.223. The molecule has 0 N–H and O–H groups in total. The van der Waals surface area contributed by atoms with Crippen LogP contribution in [0.15, 0.2) is 30.3 Å². The normalized spacial score (nSPS) is 26.7. The van der Waals surface area contributed by atoms with E-state index in [9.17, 15) is 4.79 Å². The van der Waals surface area contributed by atoms with E-state index in [1.165, 1.54) is 49.2 Å². The third-order valence-corrected chi connectivity index (χ3v) is 6.13. The van der Waals surface area contributed by atoms with Crippen molar-refractivity contribution < 1.29 is 4.79 Å². The van der Waals surface area contributed by atoms with E-state index in [0.717, 1.165) is 25.9 Å². The number of likely N-dealkylation sites (tertiary alicyclic amines) is 2. The van der Waals surface area contributed by atoms with Crippen LogP contribution in [-0.2, 0) is 11.2 Å². The van der Waals surface area contributed by atoms with Crippen LogP contribution in [0.3, 0.4) is 0 Å². The second-order valence-electron chi connectivity index (χ2n) is 7.68. The van der Waals surface area contributed by atoms with Gasteiger partial charge in [0.2, 0.25) is 5.91 Å². The Morgan fingerprint density at radius 1 is 1.12 bits per heavy atom. The Bertz CT molecular complexity index is 628. The summed E-state index contributed by atoms with van der Waals surface area (Å²) in [5.41, 5.74) is 4.27. The van der Waals surface area contributed by atoms with Crippen LogP contribution in [0.5, 0.6) is 0 Å². The molecule has 2 unspecified atom stereocenters. The van der Waals surface area contributed by atoms with E-state index in [1.54, 1.807) is 6.92 Å². The number of hydrogen-bond donors (Lipinski definition) is 0. The molecule has 4 rings (SSSR count). The Balaban J connectivity index is 1.39. The maximum atomic E-state index is 11.6. The first-order valence-corrected chi connectivity index (χ1v) is 9.48. The van der Waals surface area contributed by atoms with E-state index >= 15 is 0 Å². The van der Waals surface area contributed by atoms with E-state index in [-0.39, 0.29) is 5.91 Å². The van der Waals surface area contributed by atoms with Crippen molar-refractivity contribution in [2.75, 3.05) is 32.7 Å². The largest absolute Gasteiger partial charge is 0.342 e. The van der Waals surface area contributed by atoms with E-state index in [0.29, 0.717) is 11.8 Å². The van der Waals surface area contributed by atoms with Gasteiger partial charge in [-0.3, -0.25) is 4.79 Å². The highest BCUT2D eigenvalue weighted by Crippen LogP contribution is 2.42. The van der Waals surface area contributed by atoms with Crippen molar-refractivity contribution in [3.05, 3.63) is 41.5 Å². The lowest BCUT2D eigenvalue weighted by Gasteiger charge is -2.17. The van der Waals surface area contributed by atoms with E-state index in [2.05, 4.69) is 35.2 Å². The van der Waals surface area contributed by atoms with Crippen LogP contribution in [0.25, 0.3) is 5.57 Å². The van der Waals surface area contributed by atoms with Crippen molar-refractivity contribution in [3.63, 3.8) is 0 Å². The van der Waals surface area contributed by atoms with Gasteiger partial charge in [-0.1, -0.05) is 30.3 Å². The van der Waals surface area contributed by atoms with Crippen molar-refractivity contribution in [3.8, 4) is 0 Å². The number of rotatable bonds is 4. The molecule has 2 atom stereocenters. The molecular formula is C21H28N2O. The summed E-state index contributed by atoms with van der Waals surface area (Å²) in [5.74, 6) is 1.41. The average Bonchev–Trinajstić information content (AvgIpc) is 3.30. The number of fused-ring (bicyclic) bond motifs is 1. The number of nitrogens with zero attached hydrogens (tertiary/aromatic N) is 2. The molecule has 0 radical (unpaired) electrons. The van der Waals surface area contributed by atoms with Gasteiger partial charge < -0.3 is 9.80 Å². The van der Waals surface area contributed by atoms with Crippen molar-refractivity contribution in [1.29, 1.82) is 0 Å². The van der Waals surface area contributed by atoms with Crippen molar-refractivity contribution >= 4 is 11.5 Å². The van der Waals surface area contributed by atoms with Crippen LogP contribution in [0.1, 0.15) is 37.3 Å². The van der Waals surface area contributed by atoms with Crippen LogP contribution in [0, 0.1) is 11.8 Å². The number of benzene rings is 1. The van der Waals surface area contributed by atoms with Gasteiger partial charge in [0.05, 0.1) is 0 Å². The Morgan fingerprint density at radius 2 is 1.88 bits per heavy atom. The predicted octanol–water partition coefficient (Wildman–Crippen LogP) is 3.21. The zero-order valence-electron chi connectivity index (χ0n) is 14.7. The lowest BCUT2D eigenvalue weighted by molar-refractivity contribution is -0.127. The first-order chi connectivity index (χ1) is 11.7. The summed E-state index contributed by atoms with van der Waals surface area (Å²) < 4.78 is 0. The first-order valence-electron chi connectivity index (χ1n) is 9.48. The van der Waals surface area contributed by atoms with Gasteiger partial charge in [0.25, 0.3) is 0 Å². The summed E-state index contributed by atoms with van der Waals surface area (Å²) in [6.45, 7) is 7.29. The molecule has 2 fully saturated rings. The standard InChI is InChI=1S/C21H28N2O/c1-16(24)23-14-19-8-9-20(21(19)15-23)18-6-4-17(5-7-18)10-13-22-11-2-3-12-22/h4-7,9,19,21H,2-3,8,10-15H2,1H3. The van der Waals surface area contributed by atoms with E-state index in [1.807, 2.05) is 4.90 Å². The zero-order chi connectivity index (χ0) is 16.5. The summed E-state index contributed by atoms with van der Waals surface area (Å²) in [7, 11) is 0. The average molecular weight is 324 g/mol. The molecule has 1 aliphatic carbocycles. The maximum Gasteiger partial charge on any atom is 0.219 e. The van der Waals surface area contributed by atoms with Crippen molar-refractivity contribution in [2.45, 2.75) is 32.6 Å². The summed E-state index contributed by atoms with van der Waals surface area (Å²) in [6, 6.07) is 9.20. The summed E-state index contributed by atoms with van der Waals surface area (Å²) >= 11 is 0. The molecular weight excluding hydrogens is 296 g/mol. The summed E-state index contributed by atoms with van der Waals surface area (Å²) in [6.07, 6.45) is 7.43. The lowest BCUT2D eigenvalue weighted by Crippen LogP contribution is -2.26. The molecule has 2 saturated heterocycles. The quantitative estimate of drug-likeness (QED) is 0.849. The number of hydrogen-bond acceptors (Lipinski definition) is 2. The van der Waals surface area contributed by atoms with Crippen molar-refractivity contribution in [2.24, 2.45) is 11.8 Å². The fourth-order valence-corrected chi connectivity index (χ4v) is 4.64. The van der Waals surface area contributed by atoms with E-state index < -0.39 is 0 Å². The number of allylic oxidation sites excluding steroid dienone is 1.